The molecule has 2 saturated heterocycles. The van der Waals surface area contributed by atoms with Gasteiger partial charge in [0, 0.05) is 31.6 Å². The Morgan fingerprint density at radius 3 is 2.73 bits per heavy atom. The second-order valence-electron chi connectivity index (χ2n) is 9.43. The van der Waals surface area contributed by atoms with Crippen molar-refractivity contribution >= 4 is 0 Å². The third-order valence-corrected chi connectivity index (χ3v) is 6.53. The van der Waals surface area contributed by atoms with Gasteiger partial charge in [-0.2, -0.15) is 5.26 Å². The third kappa shape index (κ3) is 4.28. The zero-order valence-corrected chi connectivity index (χ0v) is 16.5. The lowest BCUT2D eigenvalue weighted by Crippen LogP contribution is -2.62. The highest BCUT2D eigenvalue weighted by Crippen LogP contribution is 2.48. The Morgan fingerprint density at radius 1 is 1.35 bits per heavy atom. The highest BCUT2D eigenvalue weighted by molar-refractivity contribution is 5.31. The molecule has 2 fully saturated rings. The van der Waals surface area contributed by atoms with Crippen molar-refractivity contribution in [3.8, 4) is 6.07 Å². The first kappa shape index (κ1) is 19.4. The molecule has 0 amide bonds. The van der Waals surface area contributed by atoms with E-state index in [0.717, 1.165) is 45.6 Å². The first-order chi connectivity index (χ1) is 12.3. The molecule has 4 nitrogen and oxygen atoms in total. The van der Waals surface area contributed by atoms with E-state index in [1.807, 2.05) is 24.3 Å². The van der Waals surface area contributed by atoms with Crippen LogP contribution in [-0.2, 0) is 6.42 Å². The molecule has 3 atom stereocenters. The summed E-state index contributed by atoms with van der Waals surface area (Å²) in [5.74, 6) is 0.697. The van der Waals surface area contributed by atoms with Crippen LogP contribution in [0.4, 0.5) is 0 Å². The average molecular weight is 356 g/mol. The van der Waals surface area contributed by atoms with Gasteiger partial charge in [0.2, 0.25) is 0 Å². The Kier molecular flexibility index (Phi) is 5.72. The van der Waals surface area contributed by atoms with E-state index < -0.39 is 0 Å². The van der Waals surface area contributed by atoms with Gasteiger partial charge in [-0.3, -0.25) is 4.90 Å². The maximum Gasteiger partial charge on any atom is 0.0991 e. The second-order valence-corrected chi connectivity index (χ2v) is 9.43. The minimum absolute atomic E-state index is 0.269. The Labute approximate surface area is 158 Å². The number of nitriles is 1. The molecule has 0 spiro atoms. The van der Waals surface area contributed by atoms with Crippen molar-refractivity contribution in [1.29, 1.82) is 5.26 Å². The number of likely N-dealkylation sites (tertiary alicyclic amines) is 1. The molecule has 1 aromatic carbocycles. The number of aryl methyl sites for hydroxylation is 1. The van der Waals surface area contributed by atoms with Crippen LogP contribution >= 0.6 is 0 Å². The van der Waals surface area contributed by atoms with Crippen LogP contribution in [-0.4, -0.2) is 48.8 Å². The fourth-order valence-electron chi connectivity index (χ4n) is 4.74. The Balaban J connectivity index is 1.55. The lowest BCUT2D eigenvalue weighted by molar-refractivity contribution is -0.0626. The summed E-state index contributed by atoms with van der Waals surface area (Å²) in [6, 6.07) is 9.85. The summed E-state index contributed by atoms with van der Waals surface area (Å²) in [4.78, 5) is 2.50. The fraction of sp³-hybridized carbons (Fsp3) is 0.682. The topological polar surface area (TPSA) is 59.3 Å². The summed E-state index contributed by atoms with van der Waals surface area (Å²) >= 11 is 0. The van der Waals surface area contributed by atoms with E-state index in [4.69, 9.17) is 5.26 Å². The molecule has 3 rings (SSSR count). The van der Waals surface area contributed by atoms with Crippen molar-refractivity contribution in [2.24, 2.45) is 16.7 Å². The highest BCUT2D eigenvalue weighted by atomic mass is 16.3. The normalized spacial score (nSPS) is 27.7. The smallest absolute Gasteiger partial charge is 0.0991 e. The van der Waals surface area contributed by atoms with E-state index in [1.165, 1.54) is 12.0 Å². The quantitative estimate of drug-likeness (QED) is 0.853. The first-order valence-electron chi connectivity index (χ1n) is 9.91. The van der Waals surface area contributed by atoms with Gasteiger partial charge in [0.25, 0.3) is 0 Å². The monoisotopic (exact) mass is 355 g/mol. The van der Waals surface area contributed by atoms with E-state index in [9.17, 15) is 5.11 Å². The number of rotatable bonds is 5. The van der Waals surface area contributed by atoms with Gasteiger partial charge in [0.05, 0.1) is 17.7 Å². The number of aliphatic hydroxyl groups is 1. The number of nitrogens with one attached hydrogen (secondary N) is 1. The molecule has 3 unspecified atom stereocenters. The van der Waals surface area contributed by atoms with Gasteiger partial charge in [0.15, 0.2) is 0 Å². The van der Waals surface area contributed by atoms with E-state index in [0.29, 0.717) is 16.9 Å². The Bertz CT molecular complexity index is 643. The van der Waals surface area contributed by atoms with Crippen molar-refractivity contribution in [3.05, 3.63) is 35.4 Å². The first-order valence-corrected chi connectivity index (χ1v) is 9.91. The molecular weight excluding hydrogens is 322 g/mol. The fourth-order valence-corrected chi connectivity index (χ4v) is 4.74. The summed E-state index contributed by atoms with van der Waals surface area (Å²) in [6.07, 6.45) is 2.64. The number of nitrogens with zero attached hydrogens (tertiary/aromatic N) is 2. The molecule has 2 bridgehead atoms. The molecule has 1 aromatic rings. The lowest BCUT2D eigenvalue weighted by atomic mass is 9.59. The molecule has 0 aliphatic carbocycles. The zero-order valence-electron chi connectivity index (χ0n) is 16.5. The molecular formula is C22H33N3O. The van der Waals surface area contributed by atoms with Crippen LogP contribution in [0.25, 0.3) is 0 Å². The molecule has 26 heavy (non-hydrogen) atoms. The number of benzene rings is 1. The number of hydrogen-bond acceptors (Lipinski definition) is 4. The molecule has 0 saturated carbocycles. The zero-order chi connectivity index (χ0) is 18.8. The van der Waals surface area contributed by atoms with E-state index in [1.54, 1.807) is 0 Å². The Hall–Kier alpha value is -1.41. The van der Waals surface area contributed by atoms with Crippen molar-refractivity contribution in [3.63, 3.8) is 0 Å². The molecule has 2 aliphatic heterocycles. The van der Waals surface area contributed by atoms with Gasteiger partial charge in [-0.15, -0.1) is 0 Å². The van der Waals surface area contributed by atoms with Crippen molar-refractivity contribution in [1.82, 2.24) is 10.2 Å². The maximum absolute atomic E-state index is 10.6. The summed E-state index contributed by atoms with van der Waals surface area (Å²) < 4.78 is 0. The number of piperidine rings is 2. The van der Waals surface area contributed by atoms with Crippen LogP contribution in [0.2, 0.25) is 0 Å². The molecule has 2 N–H and O–H groups in total. The van der Waals surface area contributed by atoms with Crippen LogP contribution in [0.3, 0.4) is 0 Å². The summed E-state index contributed by atoms with van der Waals surface area (Å²) in [6.45, 7) is 12.2. The molecule has 2 aliphatic rings. The third-order valence-electron chi connectivity index (χ3n) is 6.53. The van der Waals surface area contributed by atoms with Crippen molar-refractivity contribution in [2.75, 3.05) is 32.7 Å². The van der Waals surface area contributed by atoms with Crippen molar-refractivity contribution < 1.29 is 5.11 Å². The number of hydrogen-bond donors (Lipinski definition) is 2. The van der Waals surface area contributed by atoms with Crippen molar-refractivity contribution in [2.45, 2.75) is 46.1 Å². The maximum atomic E-state index is 10.6. The van der Waals surface area contributed by atoms with Crippen LogP contribution < -0.4 is 5.32 Å². The summed E-state index contributed by atoms with van der Waals surface area (Å²) in [7, 11) is 0. The van der Waals surface area contributed by atoms with Gasteiger partial charge in [-0.1, -0.05) is 32.9 Å². The minimum Gasteiger partial charge on any atom is -0.392 e. The van der Waals surface area contributed by atoms with E-state index in [-0.39, 0.29) is 11.5 Å². The molecule has 0 aromatic heterocycles. The Morgan fingerprint density at radius 2 is 2.08 bits per heavy atom. The largest absolute Gasteiger partial charge is 0.392 e. The average Bonchev–Trinajstić information content (AvgIpc) is 2.59. The van der Waals surface area contributed by atoms with Crippen LogP contribution in [0.1, 0.15) is 44.7 Å². The van der Waals surface area contributed by atoms with Crippen LogP contribution in [0.5, 0.6) is 0 Å². The van der Waals surface area contributed by atoms with Gasteiger partial charge in [0.1, 0.15) is 0 Å². The molecule has 142 valence electrons. The number of aliphatic hydroxyl groups excluding tert-OH is 1. The van der Waals surface area contributed by atoms with E-state index >= 15 is 0 Å². The van der Waals surface area contributed by atoms with E-state index in [2.05, 4.69) is 37.1 Å². The second kappa shape index (κ2) is 7.68. The van der Waals surface area contributed by atoms with Gasteiger partial charge in [-0.25, -0.2) is 0 Å². The lowest BCUT2D eigenvalue weighted by Gasteiger charge is -2.56. The summed E-state index contributed by atoms with van der Waals surface area (Å²) in [5.41, 5.74) is 2.45. The molecule has 4 heteroatoms. The van der Waals surface area contributed by atoms with Gasteiger partial charge in [-0.05, 0) is 54.8 Å². The van der Waals surface area contributed by atoms with Crippen LogP contribution in [0.15, 0.2) is 24.3 Å². The standard InChI is InChI=1S/C22H33N3O/c1-21(2,3)22-10-19(12-24-15-22)13-25(16-22)14-20(26)9-8-17-4-6-18(11-23)7-5-17/h4-7,19-20,24,26H,8-10,12-16H2,1-3H3. The number of β-amino-alcohol motifs (C(OH)–C–C–N with tert-alkyl or cyclic N) is 1. The highest BCUT2D eigenvalue weighted by Gasteiger charge is 2.49. The summed E-state index contributed by atoms with van der Waals surface area (Å²) in [5, 5.41) is 23.1. The molecule has 0 radical (unpaired) electrons. The molecule has 2 heterocycles. The minimum atomic E-state index is -0.297. The number of fused-ring (bicyclic) bond motifs is 2. The van der Waals surface area contributed by atoms with Gasteiger partial charge >= 0.3 is 0 Å². The SMILES string of the molecule is CC(C)(C)C12CNCC(CN(CC(O)CCc3ccc(C#N)cc3)C1)C2. The van der Waals surface area contributed by atoms with Gasteiger partial charge < -0.3 is 10.4 Å². The predicted octanol–water partition coefficient (Wildman–Crippen LogP) is 2.81. The predicted molar refractivity (Wildman–Crippen MR) is 105 cm³/mol. The van der Waals surface area contributed by atoms with Crippen LogP contribution in [0, 0.1) is 28.1 Å².